The van der Waals surface area contributed by atoms with Crippen molar-refractivity contribution in [2.45, 2.75) is 70.4 Å². The molecule has 1 aliphatic rings. The number of rotatable bonds is 9. The lowest BCUT2D eigenvalue weighted by molar-refractivity contribution is 0.189. The lowest BCUT2D eigenvalue weighted by Gasteiger charge is -2.31. The average molecular weight is 292 g/mol. The van der Waals surface area contributed by atoms with E-state index in [4.69, 9.17) is 4.42 Å². The number of hydrogen-bond donors (Lipinski definition) is 1. The molecule has 0 radical (unpaired) electrons. The summed E-state index contributed by atoms with van der Waals surface area (Å²) in [6, 6.07) is 5.44. The van der Waals surface area contributed by atoms with Crippen molar-refractivity contribution in [1.82, 2.24) is 10.2 Å². The van der Waals surface area contributed by atoms with Crippen LogP contribution >= 0.6 is 0 Å². The summed E-state index contributed by atoms with van der Waals surface area (Å²) >= 11 is 0. The maximum absolute atomic E-state index is 5.37. The van der Waals surface area contributed by atoms with Gasteiger partial charge in [0, 0.05) is 18.5 Å². The van der Waals surface area contributed by atoms with Gasteiger partial charge in [0.1, 0.15) is 5.76 Å². The van der Waals surface area contributed by atoms with Crippen LogP contribution in [0.15, 0.2) is 22.8 Å². The Morgan fingerprint density at radius 3 is 2.86 bits per heavy atom. The van der Waals surface area contributed by atoms with Crippen LogP contribution in [0.5, 0.6) is 0 Å². The predicted molar refractivity (Wildman–Crippen MR) is 88.6 cm³/mol. The molecule has 3 heteroatoms. The van der Waals surface area contributed by atoms with Gasteiger partial charge in [-0.25, -0.2) is 0 Å². The van der Waals surface area contributed by atoms with Gasteiger partial charge in [-0.2, -0.15) is 0 Å². The molecule has 21 heavy (non-hydrogen) atoms. The van der Waals surface area contributed by atoms with Gasteiger partial charge in [-0.15, -0.1) is 0 Å². The summed E-state index contributed by atoms with van der Waals surface area (Å²) in [6.45, 7) is 4.62. The molecule has 1 aliphatic carbocycles. The third-order valence-electron chi connectivity index (χ3n) is 4.78. The van der Waals surface area contributed by atoms with Gasteiger partial charge in [-0.3, -0.25) is 0 Å². The van der Waals surface area contributed by atoms with Gasteiger partial charge in [0.15, 0.2) is 0 Å². The smallest absolute Gasteiger partial charge is 0.103 e. The molecule has 0 aliphatic heterocycles. The van der Waals surface area contributed by atoms with Gasteiger partial charge in [-0.05, 0) is 64.9 Å². The Balaban J connectivity index is 1.50. The van der Waals surface area contributed by atoms with Crippen LogP contribution in [0.25, 0.3) is 0 Å². The van der Waals surface area contributed by atoms with Crippen LogP contribution in [0.4, 0.5) is 0 Å². The van der Waals surface area contributed by atoms with E-state index in [9.17, 15) is 0 Å². The molecule has 1 N–H and O–H groups in total. The van der Waals surface area contributed by atoms with Crippen molar-refractivity contribution in [2.24, 2.45) is 0 Å². The first-order chi connectivity index (χ1) is 10.3. The lowest BCUT2D eigenvalue weighted by Crippen LogP contribution is -2.36. The van der Waals surface area contributed by atoms with Crippen molar-refractivity contribution in [2.75, 3.05) is 20.1 Å². The third-order valence-corrected chi connectivity index (χ3v) is 4.78. The minimum atomic E-state index is 0.565. The summed E-state index contributed by atoms with van der Waals surface area (Å²) in [7, 11) is 2.30. The van der Waals surface area contributed by atoms with E-state index in [1.807, 2.05) is 6.07 Å². The first kappa shape index (κ1) is 16.6. The summed E-state index contributed by atoms with van der Waals surface area (Å²) in [4.78, 5) is 2.58. The van der Waals surface area contributed by atoms with E-state index in [2.05, 4.69) is 30.3 Å². The maximum Gasteiger partial charge on any atom is 0.103 e. The molecule has 1 aromatic rings. The molecule has 1 heterocycles. The SMILES string of the molecule is CC(CCc1ccco1)NCCCN(C)C1CCCCC1. The molecular formula is C18H32N2O. The fourth-order valence-electron chi connectivity index (χ4n) is 3.30. The topological polar surface area (TPSA) is 28.4 Å². The predicted octanol–water partition coefficient (Wildman–Crippen LogP) is 3.84. The van der Waals surface area contributed by atoms with E-state index in [-0.39, 0.29) is 0 Å². The molecule has 0 aromatic carbocycles. The van der Waals surface area contributed by atoms with Crippen LogP contribution in [-0.2, 0) is 6.42 Å². The lowest BCUT2D eigenvalue weighted by atomic mass is 9.94. The van der Waals surface area contributed by atoms with Crippen LogP contribution in [-0.4, -0.2) is 37.1 Å². The summed E-state index contributed by atoms with van der Waals surface area (Å²) in [5.74, 6) is 1.10. The van der Waals surface area contributed by atoms with Crippen molar-refractivity contribution in [3.05, 3.63) is 24.2 Å². The van der Waals surface area contributed by atoms with Gasteiger partial charge in [0.25, 0.3) is 0 Å². The van der Waals surface area contributed by atoms with Crippen molar-refractivity contribution in [3.63, 3.8) is 0 Å². The summed E-state index contributed by atoms with van der Waals surface area (Å²) in [6.07, 6.45) is 12.3. The minimum absolute atomic E-state index is 0.565. The normalized spacial score (nSPS) is 18.2. The van der Waals surface area contributed by atoms with Crippen molar-refractivity contribution in [1.29, 1.82) is 0 Å². The first-order valence-electron chi connectivity index (χ1n) is 8.71. The highest BCUT2D eigenvalue weighted by molar-refractivity contribution is 4.98. The molecule has 1 atom stereocenters. The van der Waals surface area contributed by atoms with E-state index in [0.717, 1.165) is 31.2 Å². The highest BCUT2D eigenvalue weighted by Gasteiger charge is 2.17. The van der Waals surface area contributed by atoms with Gasteiger partial charge in [-0.1, -0.05) is 19.3 Å². The second-order valence-electron chi connectivity index (χ2n) is 6.60. The van der Waals surface area contributed by atoms with Crippen molar-refractivity contribution in [3.8, 4) is 0 Å². The molecule has 1 fully saturated rings. The Labute approximate surface area is 130 Å². The van der Waals surface area contributed by atoms with Crippen LogP contribution in [0.1, 0.15) is 57.6 Å². The van der Waals surface area contributed by atoms with E-state index < -0.39 is 0 Å². The highest BCUT2D eigenvalue weighted by atomic mass is 16.3. The molecule has 1 saturated carbocycles. The number of nitrogens with one attached hydrogen (secondary N) is 1. The second kappa shape index (κ2) is 9.26. The van der Waals surface area contributed by atoms with Crippen LogP contribution in [0.2, 0.25) is 0 Å². The average Bonchev–Trinajstić information content (AvgIpc) is 3.03. The largest absolute Gasteiger partial charge is 0.469 e. The highest BCUT2D eigenvalue weighted by Crippen LogP contribution is 2.21. The molecular weight excluding hydrogens is 260 g/mol. The first-order valence-corrected chi connectivity index (χ1v) is 8.71. The number of hydrogen-bond acceptors (Lipinski definition) is 3. The molecule has 3 nitrogen and oxygen atoms in total. The zero-order valence-corrected chi connectivity index (χ0v) is 13.8. The minimum Gasteiger partial charge on any atom is -0.469 e. The van der Waals surface area contributed by atoms with E-state index in [1.54, 1.807) is 6.26 Å². The zero-order chi connectivity index (χ0) is 14.9. The molecule has 1 aromatic heterocycles. The van der Waals surface area contributed by atoms with Crippen LogP contribution in [0, 0.1) is 0 Å². The molecule has 0 bridgehead atoms. The van der Waals surface area contributed by atoms with Crippen LogP contribution < -0.4 is 5.32 Å². The Morgan fingerprint density at radius 1 is 1.33 bits per heavy atom. The van der Waals surface area contributed by atoms with E-state index >= 15 is 0 Å². The molecule has 0 saturated heterocycles. The van der Waals surface area contributed by atoms with Gasteiger partial charge >= 0.3 is 0 Å². The number of nitrogens with zero attached hydrogens (tertiary/aromatic N) is 1. The molecule has 0 amide bonds. The summed E-state index contributed by atoms with van der Waals surface area (Å²) < 4.78 is 5.37. The van der Waals surface area contributed by atoms with Crippen LogP contribution in [0.3, 0.4) is 0 Å². The summed E-state index contributed by atoms with van der Waals surface area (Å²) in [5, 5.41) is 3.64. The molecule has 2 rings (SSSR count). The third kappa shape index (κ3) is 6.23. The van der Waals surface area contributed by atoms with Crippen molar-refractivity contribution >= 4 is 0 Å². The monoisotopic (exact) mass is 292 g/mol. The Bertz CT molecular complexity index is 357. The Morgan fingerprint density at radius 2 is 2.14 bits per heavy atom. The Hall–Kier alpha value is -0.800. The Kier molecular flexibility index (Phi) is 7.31. The second-order valence-corrected chi connectivity index (χ2v) is 6.60. The van der Waals surface area contributed by atoms with Gasteiger partial charge < -0.3 is 14.6 Å². The van der Waals surface area contributed by atoms with Crippen molar-refractivity contribution < 1.29 is 4.42 Å². The molecule has 1 unspecified atom stereocenters. The fourth-order valence-corrected chi connectivity index (χ4v) is 3.30. The number of furan rings is 1. The van der Waals surface area contributed by atoms with E-state index in [1.165, 1.54) is 45.1 Å². The fraction of sp³-hybridized carbons (Fsp3) is 0.778. The molecule has 120 valence electrons. The van der Waals surface area contributed by atoms with Gasteiger partial charge in [0.05, 0.1) is 6.26 Å². The molecule has 0 spiro atoms. The zero-order valence-electron chi connectivity index (χ0n) is 13.8. The standard InChI is InChI=1S/C18H32N2O/c1-16(11-12-18-10-6-15-21-18)19-13-7-14-20(2)17-8-4-3-5-9-17/h6,10,15-17,19H,3-5,7-9,11-14H2,1-2H3. The maximum atomic E-state index is 5.37. The quantitative estimate of drug-likeness (QED) is 0.701. The van der Waals surface area contributed by atoms with E-state index in [0.29, 0.717) is 6.04 Å². The number of aryl methyl sites for hydroxylation is 1. The summed E-state index contributed by atoms with van der Waals surface area (Å²) in [5.41, 5.74) is 0. The van der Waals surface area contributed by atoms with Gasteiger partial charge in [0.2, 0.25) is 0 Å².